The van der Waals surface area contributed by atoms with Gasteiger partial charge in [-0.05, 0) is 32.7 Å². The number of carbonyl (C=O) groups excluding carboxylic acids is 1. The van der Waals surface area contributed by atoms with Gasteiger partial charge in [0.2, 0.25) is 11.8 Å². The van der Waals surface area contributed by atoms with Gasteiger partial charge in [-0.3, -0.25) is 4.79 Å². The summed E-state index contributed by atoms with van der Waals surface area (Å²) in [6, 6.07) is 0. The van der Waals surface area contributed by atoms with Gasteiger partial charge in [0.1, 0.15) is 5.76 Å². The quantitative estimate of drug-likeness (QED) is 0.851. The van der Waals surface area contributed by atoms with Gasteiger partial charge in [0, 0.05) is 6.54 Å². The van der Waals surface area contributed by atoms with Crippen LogP contribution in [0.4, 0.5) is 0 Å². The van der Waals surface area contributed by atoms with Crippen LogP contribution in [0.2, 0.25) is 0 Å². The molecule has 1 aromatic heterocycles. The maximum Gasteiger partial charge on any atom is 0.227 e. The van der Waals surface area contributed by atoms with Crippen LogP contribution in [-0.4, -0.2) is 24.0 Å². The Bertz CT molecular complexity index is 417. The summed E-state index contributed by atoms with van der Waals surface area (Å²) in [6.45, 7) is 6.14. The van der Waals surface area contributed by atoms with E-state index in [4.69, 9.17) is 4.42 Å². The highest BCUT2D eigenvalue weighted by atomic mass is 16.4. The van der Waals surface area contributed by atoms with Crippen LogP contribution in [0.25, 0.3) is 0 Å². The smallest absolute Gasteiger partial charge is 0.227 e. The molecule has 1 fully saturated rings. The summed E-state index contributed by atoms with van der Waals surface area (Å²) in [5.41, 5.74) is -0.255. The first kappa shape index (κ1) is 14.1. The molecule has 0 spiro atoms. The van der Waals surface area contributed by atoms with Crippen molar-refractivity contribution in [2.45, 2.75) is 46.1 Å². The van der Waals surface area contributed by atoms with Gasteiger partial charge in [-0.1, -0.05) is 13.3 Å². The molecule has 2 rings (SSSR count). The first-order valence-electron chi connectivity index (χ1n) is 7.06. The molecule has 2 heterocycles. The highest BCUT2D eigenvalue weighted by Gasteiger charge is 2.38. The number of carbonyl (C=O) groups is 1. The minimum Gasteiger partial charge on any atom is -0.444 e. The number of oxazole rings is 1. The lowest BCUT2D eigenvalue weighted by atomic mass is 9.76. The third-order valence-electron chi connectivity index (χ3n) is 3.75. The highest BCUT2D eigenvalue weighted by molar-refractivity contribution is 5.82. The Morgan fingerprint density at radius 3 is 3.05 bits per heavy atom. The van der Waals surface area contributed by atoms with E-state index in [2.05, 4.69) is 22.5 Å². The summed E-state index contributed by atoms with van der Waals surface area (Å²) in [5, 5.41) is 6.32. The molecule has 2 N–H and O–H groups in total. The molecule has 1 amide bonds. The standard InChI is InChI=1S/C14H23N3O2/c1-3-5-14(6-4-7-15-10-14)13(18)17-9-12-16-8-11(2)19-12/h8,15H,3-7,9-10H2,1-2H3,(H,17,18). The van der Waals surface area contributed by atoms with E-state index in [1.165, 1.54) is 0 Å². The van der Waals surface area contributed by atoms with Crippen LogP contribution in [0, 0.1) is 12.3 Å². The Balaban J connectivity index is 1.95. The molecule has 0 saturated carbocycles. The van der Waals surface area contributed by atoms with Crippen molar-refractivity contribution in [2.24, 2.45) is 5.41 Å². The van der Waals surface area contributed by atoms with Crippen molar-refractivity contribution in [1.82, 2.24) is 15.6 Å². The van der Waals surface area contributed by atoms with Gasteiger partial charge in [-0.25, -0.2) is 4.98 Å². The van der Waals surface area contributed by atoms with E-state index in [0.29, 0.717) is 12.4 Å². The molecule has 1 aliphatic rings. The Morgan fingerprint density at radius 2 is 2.47 bits per heavy atom. The zero-order valence-electron chi connectivity index (χ0n) is 11.8. The minimum atomic E-state index is -0.255. The first-order chi connectivity index (χ1) is 9.16. The van der Waals surface area contributed by atoms with Crippen molar-refractivity contribution in [3.8, 4) is 0 Å². The van der Waals surface area contributed by atoms with Gasteiger partial charge in [-0.2, -0.15) is 0 Å². The third-order valence-corrected chi connectivity index (χ3v) is 3.75. The lowest BCUT2D eigenvalue weighted by Crippen LogP contribution is -2.50. The molecule has 106 valence electrons. The number of hydrogen-bond donors (Lipinski definition) is 2. The van der Waals surface area contributed by atoms with Gasteiger partial charge in [-0.15, -0.1) is 0 Å². The minimum absolute atomic E-state index is 0.123. The van der Waals surface area contributed by atoms with Crippen LogP contribution >= 0.6 is 0 Å². The number of nitrogens with one attached hydrogen (secondary N) is 2. The maximum atomic E-state index is 12.5. The molecule has 0 aliphatic carbocycles. The van der Waals surface area contributed by atoms with Gasteiger partial charge >= 0.3 is 0 Å². The van der Waals surface area contributed by atoms with Gasteiger partial charge < -0.3 is 15.1 Å². The number of aromatic nitrogens is 1. The van der Waals surface area contributed by atoms with E-state index in [-0.39, 0.29) is 11.3 Å². The Hall–Kier alpha value is -1.36. The van der Waals surface area contributed by atoms with Crippen LogP contribution in [0.3, 0.4) is 0 Å². The topological polar surface area (TPSA) is 67.2 Å². The van der Waals surface area contributed by atoms with E-state index in [9.17, 15) is 4.79 Å². The molecule has 1 unspecified atom stereocenters. The fraction of sp³-hybridized carbons (Fsp3) is 0.714. The van der Waals surface area contributed by atoms with Crippen molar-refractivity contribution >= 4 is 5.91 Å². The van der Waals surface area contributed by atoms with E-state index in [1.807, 2.05) is 6.92 Å². The molecule has 0 radical (unpaired) electrons. The fourth-order valence-electron chi connectivity index (χ4n) is 2.79. The second kappa shape index (κ2) is 6.19. The van der Waals surface area contributed by atoms with E-state index < -0.39 is 0 Å². The highest BCUT2D eigenvalue weighted by Crippen LogP contribution is 2.31. The summed E-state index contributed by atoms with van der Waals surface area (Å²) in [5.74, 6) is 1.46. The van der Waals surface area contributed by atoms with E-state index in [0.717, 1.165) is 44.5 Å². The van der Waals surface area contributed by atoms with Crippen LogP contribution < -0.4 is 10.6 Å². The monoisotopic (exact) mass is 265 g/mol. The van der Waals surface area contributed by atoms with Crippen molar-refractivity contribution in [3.05, 3.63) is 17.8 Å². The number of piperidine rings is 1. The predicted octanol–water partition coefficient (Wildman–Crippen LogP) is 1.77. The van der Waals surface area contributed by atoms with Crippen molar-refractivity contribution in [1.29, 1.82) is 0 Å². The number of aryl methyl sites for hydroxylation is 1. The average molecular weight is 265 g/mol. The van der Waals surface area contributed by atoms with Crippen LogP contribution in [0.15, 0.2) is 10.6 Å². The molecule has 1 aromatic rings. The zero-order chi connectivity index (χ0) is 13.7. The average Bonchev–Trinajstić information content (AvgIpc) is 2.83. The molecule has 1 saturated heterocycles. The largest absolute Gasteiger partial charge is 0.444 e. The predicted molar refractivity (Wildman–Crippen MR) is 72.5 cm³/mol. The Labute approximate surface area is 114 Å². The maximum absolute atomic E-state index is 12.5. The summed E-state index contributed by atoms with van der Waals surface area (Å²) in [6.07, 6.45) is 5.64. The number of amides is 1. The SMILES string of the molecule is CCCC1(C(=O)NCc2ncc(C)o2)CCCNC1. The van der Waals surface area contributed by atoms with Gasteiger partial charge in [0.25, 0.3) is 0 Å². The van der Waals surface area contributed by atoms with Crippen molar-refractivity contribution in [3.63, 3.8) is 0 Å². The molecule has 0 aromatic carbocycles. The van der Waals surface area contributed by atoms with Crippen LogP contribution in [0.5, 0.6) is 0 Å². The van der Waals surface area contributed by atoms with E-state index in [1.54, 1.807) is 6.20 Å². The van der Waals surface area contributed by atoms with Gasteiger partial charge in [0.15, 0.2) is 0 Å². The third kappa shape index (κ3) is 3.35. The molecule has 1 aliphatic heterocycles. The lowest BCUT2D eigenvalue weighted by Gasteiger charge is -2.36. The van der Waals surface area contributed by atoms with Crippen molar-refractivity contribution < 1.29 is 9.21 Å². The summed E-state index contributed by atoms with van der Waals surface area (Å²) in [4.78, 5) is 16.6. The molecular formula is C14H23N3O2. The lowest BCUT2D eigenvalue weighted by molar-refractivity contribution is -0.132. The zero-order valence-corrected chi connectivity index (χ0v) is 11.8. The van der Waals surface area contributed by atoms with Crippen LogP contribution in [-0.2, 0) is 11.3 Å². The second-order valence-corrected chi connectivity index (χ2v) is 5.36. The summed E-state index contributed by atoms with van der Waals surface area (Å²) in [7, 11) is 0. The molecule has 5 nitrogen and oxygen atoms in total. The molecule has 1 atom stereocenters. The summed E-state index contributed by atoms with van der Waals surface area (Å²) < 4.78 is 5.37. The molecule has 5 heteroatoms. The van der Waals surface area contributed by atoms with Gasteiger partial charge in [0.05, 0.1) is 18.2 Å². The number of nitrogens with zero attached hydrogens (tertiary/aromatic N) is 1. The molecule has 0 bridgehead atoms. The molecular weight excluding hydrogens is 242 g/mol. The first-order valence-corrected chi connectivity index (χ1v) is 7.06. The van der Waals surface area contributed by atoms with Crippen molar-refractivity contribution in [2.75, 3.05) is 13.1 Å². The van der Waals surface area contributed by atoms with E-state index >= 15 is 0 Å². The summed E-state index contributed by atoms with van der Waals surface area (Å²) >= 11 is 0. The van der Waals surface area contributed by atoms with Crippen LogP contribution in [0.1, 0.15) is 44.3 Å². The second-order valence-electron chi connectivity index (χ2n) is 5.36. The number of rotatable bonds is 5. The number of hydrogen-bond acceptors (Lipinski definition) is 4. The Morgan fingerprint density at radius 1 is 1.63 bits per heavy atom. The normalized spacial score (nSPS) is 23.3. The Kier molecular flexibility index (Phi) is 4.58. The molecule has 19 heavy (non-hydrogen) atoms. The fourth-order valence-corrected chi connectivity index (χ4v) is 2.79.